The van der Waals surface area contributed by atoms with Gasteiger partial charge in [-0.25, -0.2) is 9.67 Å². The van der Waals surface area contributed by atoms with Crippen LogP contribution in [-0.2, 0) is 11.2 Å². The zero-order chi connectivity index (χ0) is 14.8. The van der Waals surface area contributed by atoms with Crippen molar-refractivity contribution >= 4 is 11.9 Å². The van der Waals surface area contributed by atoms with Crippen molar-refractivity contribution in [1.29, 1.82) is 0 Å². The number of hydrogen-bond acceptors (Lipinski definition) is 6. The molecule has 0 spiro atoms. The Balaban J connectivity index is 1.58. The van der Waals surface area contributed by atoms with Crippen LogP contribution in [0.15, 0.2) is 16.9 Å². The minimum atomic E-state index is -0.271. The number of carbonyl (C=O) groups is 1. The number of carbonyl (C=O) groups excluding carboxylic acids is 1. The molecule has 2 aromatic heterocycles. The second kappa shape index (κ2) is 5.65. The summed E-state index contributed by atoms with van der Waals surface area (Å²) < 4.78 is 6.69. The molecule has 2 heterocycles. The summed E-state index contributed by atoms with van der Waals surface area (Å²) in [5, 5.41) is 20.1. The molecule has 0 aliphatic heterocycles. The van der Waals surface area contributed by atoms with E-state index in [2.05, 4.69) is 20.6 Å². The minimum Gasteiger partial charge on any atom is -0.393 e. The highest BCUT2D eigenvalue weighted by Crippen LogP contribution is 2.29. The molecule has 8 nitrogen and oxygen atoms in total. The number of amides is 1. The van der Waals surface area contributed by atoms with Gasteiger partial charge < -0.3 is 9.63 Å². The third-order valence-corrected chi connectivity index (χ3v) is 3.52. The standard InChI is InChI=1S/C13H17N5O3/c1-8-4-11(21-17-8)6-12(20)15-13-14-7-18(16-13)9-2-3-10(19)5-9/h4,7,9-10,19H,2-3,5-6H2,1H3,(H,15,16,20)/t9?,10-/m1/s1. The van der Waals surface area contributed by atoms with Gasteiger partial charge in [-0.1, -0.05) is 5.16 Å². The minimum absolute atomic E-state index is 0.0948. The van der Waals surface area contributed by atoms with Gasteiger partial charge in [-0.3, -0.25) is 10.1 Å². The van der Waals surface area contributed by atoms with Gasteiger partial charge in [-0.2, -0.15) is 0 Å². The maximum Gasteiger partial charge on any atom is 0.248 e. The summed E-state index contributed by atoms with van der Waals surface area (Å²) in [4.78, 5) is 15.9. The summed E-state index contributed by atoms with van der Waals surface area (Å²) in [6, 6.07) is 1.86. The lowest BCUT2D eigenvalue weighted by atomic mass is 10.2. The van der Waals surface area contributed by atoms with Gasteiger partial charge in [0.2, 0.25) is 11.9 Å². The lowest BCUT2D eigenvalue weighted by Gasteiger charge is -2.07. The van der Waals surface area contributed by atoms with Gasteiger partial charge >= 0.3 is 0 Å². The van der Waals surface area contributed by atoms with Crippen LogP contribution >= 0.6 is 0 Å². The highest BCUT2D eigenvalue weighted by atomic mass is 16.5. The number of hydrogen-bond donors (Lipinski definition) is 2. The van der Waals surface area contributed by atoms with Crippen molar-refractivity contribution in [3.05, 3.63) is 23.8 Å². The number of aliphatic hydroxyl groups excluding tert-OH is 1. The Labute approximate surface area is 121 Å². The van der Waals surface area contributed by atoms with E-state index in [9.17, 15) is 9.90 Å². The second-order valence-corrected chi connectivity index (χ2v) is 5.33. The van der Waals surface area contributed by atoms with Gasteiger partial charge in [0, 0.05) is 6.07 Å². The molecule has 0 radical (unpaired) electrons. The van der Waals surface area contributed by atoms with E-state index in [0.717, 1.165) is 18.5 Å². The Morgan fingerprint density at radius 2 is 2.43 bits per heavy atom. The third kappa shape index (κ3) is 3.27. The van der Waals surface area contributed by atoms with Crippen LogP contribution in [0.25, 0.3) is 0 Å². The van der Waals surface area contributed by atoms with Crippen LogP contribution in [0.1, 0.15) is 36.8 Å². The Morgan fingerprint density at radius 3 is 3.10 bits per heavy atom. The first-order chi connectivity index (χ1) is 10.1. The summed E-state index contributed by atoms with van der Waals surface area (Å²) in [6.45, 7) is 1.80. The van der Waals surface area contributed by atoms with Crippen molar-refractivity contribution in [3.8, 4) is 0 Å². The number of aryl methyl sites for hydroxylation is 1. The van der Waals surface area contributed by atoms with E-state index in [1.54, 1.807) is 24.0 Å². The molecule has 1 unspecified atom stereocenters. The Morgan fingerprint density at radius 1 is 1.57 bits per heavy atom. The molecule has 1 aliphatic carbocycles. The maximum atomic E-state index is 11.8. The number of rotatable bonds is 4. The van der Waals surface area contributed by atoms with Crippen LogP contribution < -0.4 is 5.32 Å². The largest absolute Gasteiger partial charge is 0.393 e. The summed E-state index contributed by atoms with van der Waals surface area (Å²) in [5.74, 6) is 0.510. The number of nitrogens with zero attached hydrogens (tertiary/aromatic N) is 4. The van der Waals surface area contributed by atoms with Gasteiger partial charge in [-0.15, -0.1) is 5.10 Å². The zero-order valence-electron chi connectivity index (χ0n) is 11.7. The van der Waals surface area contributed by atoms with E-state index < -0.39 is 0 Å². The van der Waals surface area contributed by atoms with Crippen LogP contribution in [0.4, 0.5) is 5.95 Å². The normalized spacial score (nSPS) is 21.6. The summed E-state index contributed by atoms with van der Waals surface area (Å²) in [6.07, 6.45) is 3.72. The highest BCUT2D eigenvalue weighted by molar-refractivity contribution is 5.90. The first-order valence-corrected chi connectivity index (χ1v) is 6.91. The molecule has 1 amide bonds. The van der Waals surface area contributed by atoms with Gasteiger partial charge in [-0.05, 0) is 26.2 Å². The number of anilines is 1. The van der Waals surface area contributed by atoms with Crippen molar-refractivity contribution in [2.45, 2.75) is 44.8 Å². The Kier molecular flexibility index (Phi) is 3.70. The molecule has 1 fully saturated rings. The van der Waals surface area contributed by atoms with Crippen LogP contribution in [-0.4, -0.2) is 37.0 Å². The fourth-order valence-electron chi connectivity index (χ4n) is 2.51. The van der Waals surface area contributed by atoms with Crippen molar-refractivity contribution in [1.82, 2.24) is 19.9 Å². The third-order valence-electron chi connectivity index (χ3n) is 3.52. The van der Waals surface area contributed by atoms with Gasteiger partial charge in [0.25, 0.3) is 0 Å². The van der Waals surface area contributed by atoms with Crippen molar-refractivity contribution < 1.29 is 14.4 Å². The smallest absolute Gasteiger partial charge is 0.248 e. The fourth-order valence-corrected chi connectivity index (χ4v) is 2.51. The van der Waals surface area contributed by atoms with Crippen molar-refractivity contribution in [3.63, 3.8) is 0 Å². The van der Waals surface area contributed by atoms with Gasteiger partial charge in [0.1, 0.15) is 12.1 Å². The molecule has 2 atom stereocenters. The van der Waals surface area contributed by atoms with Gasteiger partial charge in [0.05, 0.1) is 24.3 Å². The predicted octanol–water partition coefficient (Wildman–Crippen LogP) is 0.842. The van der Waals surface area contributed by atoms with Gasteiger partial charge in [0.15, 0.2) is 0 Å². The summed E-state index contributed by atoms with van der Waals surface area (Å²) in [5.41, 5.74) is 0.736. The molecule has 2 aromatic rings. The lowest BCUT2D eigenvalue weighted by Crippen LogP contribution is -2.16. The highest BCUT2D eigenvalue weighted by Gasteiger charge is 2.25. The van der Waals surface area contributed by atoms with E-state index >= 15 is 0 Å². The average Bonchev–Trinajstić information content (AvgIpc) is 3.12. The zero-order valence-corrected chi connectivity index (χ0v) is 11.7. The molecule has 1 aliphatic rings. The summed E-state index contributed by atoms with van der Waals surface area (Å²) in [7, 11) is 0. The SMILES string of the molecule is Cc1cc(CC(=O)Nc2ncn(C3CC[C@@H](O)C3)n2)on1. The predicted molar refractivity (Wildman–Crippen MR) is 72.5 cm³/mol. The maximum absolute atomic E-state index is 11.8. The number of aliphatic hydroxyl groups is 1. The molecule has 8 heteroatoms. The molecule has 21 heavy (non-hydrogen) atoms. The quantitative estimate of drug-likeness (QED) is 0.864. The molecule has 0 aromatic carbocycles. The molecule has 112 valence electrons. The monoisotopic (exact) mass is 291 g/mol. The van der Waals surface area contributed by atoms with E-state index in [1.807, 2.05) is 0 Å². The Hall–Kier alpha value is -2.22. The van der Waals surface area contributed by atoms with E-state index in [4.69, 9.17) is 4.52 Å². The first kappa shape index (κ1) is 13.7. The second-order valence-electron chi connectivity index (χ2n) is 5.33. The van der Waals surface area contributed by atoms with E-state index in [-0.39, 0.29) is 30.4 Å². The van der Waals surface area contributed by atoms with Crippen molar-refractivity contribution in [2.24, 2.45) is 0 Å². The topological polar surface area (TPSA) is 106 Å². The summed E-state index contributed by atoms with van der Waals surface area (Å²) >= 11 is 0. The molecule has 1 saturated carbocycles. The average molecular weight is 291 g/mol. The molecule has 3 rings (SSSR count). The van der Waals surface area contributed by atoms with Crippen LogP contribution in [0.3, 0.4) is 0 Å². The van der Waals surface area contributed by atoms with Crippen molar-refractivity contribution in [2.75, 3.05) is 5.32 Å². The first-order valence-electron chi connectivity index (χ1n) is 6.91. The number of aromatic nitrogens is 4. The molecule has 0 bridgehead atoms. The lowest BCUT2D eigenvalue weighted by molar-refractivity contribution is -0.115. The molecule has 2 N–H and O–H groups in total. The number of nitrogens with one attached hydrogen (secondary N) is 1. The van der Waals surface area contributed by atoms with E-state index in [0.29, 0.717) is 12.2 Å². The van der Waals surface area contributed by atoms with Crippen LogP contribution in [0, 0.1) is 6.92 Å². The molecular formula is C13H17N5O3. The van der Waals surface area contributed by atoms with E-state index in [1.165, 1.54) is 0 Å². The molecular weight excluding hydrogens is 274 g/mol. The van der Waals surface area contributed by atoms with Crippen LogP contribution in [0.5, 0.6) is 0 Å². The fraction of sp³-hybridized carbons (Fsp3) is 0.538. The molecule has 0 saturated heterocycles. The Bertz CT molecular complexity index is 635. The van der Waals surface area contributed by atoms with Crippen LogP contribution in [0.2, 0.25) is 0 Å².